The van der Waals surface area contributed by atoms with Gasteiger partial charge in [0, 0.05) is 6.92 Å². The zero-order valence-corrected chi connectivity index (χ0v) is 7.73. The molecule has 0 radical (unpaired) electrons. The molecular formula is C11H13NO. The molecule has 1 heterocycles. The Morgan fingerprint density at radius 1 is 1.38 bits per heavy atom. The fourth-order valence-corrected chi connectivity index (χ4v) is 1.54. The van der Waals surface area contributed by atoms with Crippen molar-refractivity contribution in [2.75, 3.05) is 6.61 Å². The summed E-state index contributed by atoms with van der Waals surface area (Å²) in [4.78, 5) is 4.38. The van der Waals surface area contributed by atoms with Gasteiger partial charge in [0.1, 0.15) is 6.61 Å². The summed E-state index contributed by atoms with van der Waals surface area (Å²) < 4.78 is 5.29. The van der Waals surface area contributed by atoms with Gasteiger partial charge in [-0.15, -0.1) is 0 Å². The standard InChI is InChI=1S/C11H13NO/c1-9-12-11(8-13-9)7-10-5-3-2-4-6-10/h2-6,11H,7-8H2,1H3. The Balaban J connectivity index is 2.00. The van der Waals surface area contributed by atoms with Crippen LogP contribution < -0.4 is 0 Å². The van der Waals surface area contributed by atoms with Gasteiger partial charge in [0.2, 0.25) is 0 Å². The van der Waals surface area contributed by atoms with Crippen LogP contribution in [0.25, 0.3) is 0 Å². The maximum atomic E-state index is 5.29. The van der Waals surface area contributed by atoms with Gasteiger partial charge >= 0.3 is 0 Å². The van der Waals surface area contributed by atoms with E-state index in [9.17, 15) is 0 Å². The molecule has 1 aromatic carbocycles. The number of hydrogen-bond acceptors (Lipinski definition) is 2. The van der Waals surface area contributed by atoms with Crippen molar-refractivity contribution >= 4 is 5.90 Å². The van der Waals surface area contributed by atoms with Crippen LogP contribution >= 0.6 is 0 Å². The van der Waals surface area contributed by atoms with Gasteiger partial charge in [-0.2, -0.15) is 0 Å². The van der Waals surface area contributed by atoms with Crippen LogP contribution in [0.1, 0.15) is 12.5 Å². The smallest absolute Gasteiger partial charge is 0.180 e. The molecule has 1 aliphatic heterocycles. The molecule has 2 nitrogen and oxygen atoms in total. The molecule has 0 spiro atoms. The van der Waals surface area contributed by atoms with E-state index in [0.29, 0.717) is 6.04 Å². The van der Waals surface area contributed by atoms with Crippen LogP contribution in [-0.4, -0.2) is 18.5 Å². The zero-order valence-electron chi connectivity index (χ0n) is 7.73. The minimum Gasteiger partial charge on any atom is -0.479 e. The van der Waals surface area contributed by atoms with Gasteiger partial charge in [-0.05, 0) is 12.0 Å². The van der Waals surface area contributed by atoms with E-state index in [1.165, 1.54) is 5.56 Å². The van der Waals surface area contributed by atoms with Gasteiger partial charge in [0.05, 0.1) is 6.04 Å². The van der Waals surface area contributed by atoms with Gasteiger partial charge in [0.25, 0.3) is 0 Å². The van der Waals surface area contributed by atoms with E-state index in [1.807, 2.05) is 13.0 Å². The second-order valence-corrected chi connectivity index (χ2v) is 3.30. The summed E-state index contributed by atoms with van der Waals surface area (Å²) in [6.07, 6.45) is 0.984. The van der Waals surface area contributed by atoms with Crippen molar-refractivity contribution in [3.63, 3.8) is 0 Å². The molecule has 0 fully saturated rings. The van der Waals surface area contributed by atoms with E-state index in [1.54, 1.807) is 0 Å². The molecule has 1 aromatic rings. The molecule has 0 saturated heterocycles. The Morgan fingerprint density at radius 2 is 2.15 bits per heavy atom. The lowest BCUT2D eigenvalue weighted by Gasteiger charge is -2.03. The normalized spacial score (nSPS) is 21.0. The third-order valence-electron chi connectivity index (χ3n) is 2.16. The SMILES string of the molecule is CC1=NC(Cc2ccccc2)CO1. The molecule has 13 heavy (non-hydrogen) atoms. The fraction of sp³-hybridized carbons (Fsp3) is 0.364. The highest BCUT2D eigenvalue weighted by molar-refractivity contribution is 5.74. The van der Waals surface area contributed by atoms with Gasteiger partial charge in [-0.3, -0.25) is 0 Å². The van der Waals surface area contributed by atoms with E-state index < -0.39 is 0 Å². The predicted octanol–water partition coefficient (Wildman–Crippen LogP) is 2.05. The molecule has 0 aliphatic carbocycles. The molecular weight excluding hydrogens is 162 g/mol. The van der Waals surface area contributed by atoms with Gasteiger partial charge in [0.15, 0.2) is 5.90 Å². The summed E-state index contributed by atoms with van der Waals surface area (Å²) >= 11 is 0. The molecule has 0 amide bonds. The monoisotopic (exact) mass is 175 g/mol. The summed E-state index contributed by atoms with van der Waals surface area (Å²) in [5, 5.41) is 0. The van der Waals surface area contributed by atoms with Crippen molar-refractivity contribution < 1.29 is 4.74 Å². The van der Waals surface area contributed by atoms with Gasteiger partial charge in [-0.25, -0.2) is 4.99 Å². The van der Waals surface area contributed by atoms with Crippen molar-refractivity contribution in [2.45, 2.75) is 19.4 Å². The zero-order chi connectivity index (χ0) is 9.10. The Bertz CT molecular complexity index is 305. The highest BCUT2D eigenvalue weighted by atomic mass is 16.5. The van der Waals surface area contributed by atoms with Crippen LogP contribution in [-0.2, 0) is 11.2 Å². The quantitative estimate of drug-likeness (QED) is 0.674. The number of benzene rings is 1. The van der Waals surface area contributed by atoms with E-state index in [-0.39, 0.29) is 0 Å². The lowest BCUT2D eigenvalue weighted by Crippen LogP contribution is -2.09. The van der Waals surface area contributed by atoms with Crippen LogP contribution in [0.15, 0.2) is 35.3 Å². The van der Waals surface area contributed by atoms with E-state index in [2.05, 4.69) is 29.3 Å². The summed E-state index contributed by atoms with van der Waals surface area (Å²) in [6.45, 7) is 2.64. The van der Waals surface area contributed by atoms with Crippen molar-refractivity contribution in [1.29, 1.82) is 0 Å². The number of aliphatic imine (C=N–C) groups is 1. The van der Waals surface area contributed by atoms with Crippen molar-refractivity contribution in [2.24, 2.45) is 4.99 Å². The van der Waals surface area contributed by atoms with E-state index >= 15 is 0 Å². The molecule has 1 atom stereocenters. The Hall–Kier alpha value is -1.31. The van der Waals surface area contributed by atoms with Crippen molar-refractivity contribution in [3.05, 3.63) is 35.9 Å². The second kappa shape index (κ2) is 3.60. The molecule has 1 aliphatic rings. The average molecular weight is 175 g/mol. The first-order valence-corrected chi connectivity index (χ1v) is 4.56. The van der Waals surface area contributed by atoms with Crippen LogP contribution in [0, 0.1) is 0 Å². The minimum atomic E-state index is 0.322. The lowest BCUT2D eigenvalue weighted by atomic mass is 10.1. The van der Waals surface area contributed by atoms with Crippen LogP contribution in [0.2, 0.25) is 0 Å². The second-order valence-electron chi connectivity index (χ2n) is 3.30. The van der Waals surface area contributed by atoms with E-state index in [4.69, 9.17) is 4.74 Å². The largest absolute Gasteiger partial charge is 0.479 e. The third-order valence-corrected chi connectivity index (χ3v) is 2.16. The van der Waals surface area contributed by atoms with Crippen LogP contribution in [0.5, 0.6) is 0 Å². The first kappa shape index (κ1) is 8.30. The Morgan fingerprint density at radius 3 is 2.77 bits per heavy atom. The predicted molar refractivity (Wildman–Crippen MR) is 53.0 cm³/mol. The van der Waals surface area contributed by atoms with Crippen molar-refractivity contribution in [3.8, 4) is 0 Å². The fourth-order valence-electron chi connectivity index (χ4n) is 1.54. The van der Waals surface area contributed by atoms with E-state index in [0.717, 1.165) is 18.9 Å². The number of rotatable bonds is 2. The molecule has 0 bridgehead atoms. The number of nitrogens with zero attached hydrogens (tertiary/aromatic N) is 1. The maximum absolute atomic E-state index is 5.29. The molecule has 2 heteroatoms. The van der Waals surface area contributed by atoms with Gasteiger partial charge in [-0.1, -0.05) is 30.3 Å². The molecule has 0 saturated carbocycles. The van der Waals surface area contributed by atoms with Crippen LogP contribution in [0.4, 0.5) is 0 Å². The molecule has 0 N–H and O–H groups in total. The topological polar surface area (TPSA) is 21.6 Å². The maximum Gasteiger partial charge on any atom is 0.180 e. The minimum absolute atomic E-state index is 0.322. The molecule has 1 unspecified atom stereocenters. The third kappa shape index (κ3) is 2.08. The Kier molecular flexibility index (Phi) is 2.30. The summed E-state index contributed by atoms with van der Waals surface area (Å²) in [6, 6.07) is 10.7. The summed E-state index contributed by atoms with van der Waals surface area (Å²) in [5.41, 5.74) is 1.33. The highest BCUT2D eigenvalue weighted by Crippen LogP contribution is 2.11. The Labute approximate surface area is 78.3 Å². The van der Waals surface area contributed by atoms with Crippen LogP contribution in [0.3, 0.4) is 0 Å². The van der Waals surface area contributed by atoms with Crippen molar-refractivity contribution in [1.82, 2.24) is 0 Å². The van der Waals surface area contributed by atoms with Gasteiger partial charge < -0.3 is 4.74 Å². The lowest BCUT2D eigenvalue weighted by molar-refractivity contribution is 0.314. The highest BCUT2D eigenvalue weighted by Gasteiger charge is 2.15. The molecule has 68 valence electrons. The summed E-state index contributed by atoms with van der Waals surface area (Å²) in [7, 11) is 0. The molecule has 2 rings (SSSR count). The summed E-state index contributed by atoms with van der Waals surface area (Å²) in [5.74, 6) is 0.820. The average Bonchev–Trinajstić information content (AvgIpc) is 2.53. The number of hydrogen-bond donors (Lipinski definition) is 0. The first-order chi connectivity index (χ1) is 6.34. The number of ether oxygens (including phenoxy) is 1. The molecule has 0 aromatic heterocycles. The first-order valence-electron chi connectivity index (χ1n) is 4.56.